The number of rotatable bonds is 12. The van der Waals surface area contributed by atoms with Crippen molar-refractivity contribution in [1.82, 2.24) is 10.6 Å². The number of benzene rings is 3. The average molecular weight is 515 g/mol. The summed E-state index contributed by atoms with van der Waals surface area (Å²) in [6, 6.07) is 28.2. The van der Waals surface area contributed by atoms with Crippen molar-refractivity contribution in [2.75, 3.05) is 0 Å². The predicted molar refractivity (Wildman–Crippen MR) is 148 cm³/mol. The Bertz CT molecular complexity index is 1120. The van der Waals surface area contributed by atoms with Gasteiger partial charge in [-0.05, 0) is 54.7 Å². The van der Waals surface area contributed by atoms with E-state index in [4.69, 9.17) is 4.74 Å². The third-order valence-electron chi connectivity index (χ3n) is 7.28. The summed E-state index contributed by atoms with van der Waals surface area (Å²) in [6.07, 6.45) is 4.40. The van der Waals surface area contributed by atoms with Gasteiger partial charge in [0, 0.05) is 0 Å². The molecule has 3 aromatic carbocycles. The summed E-state index contributed by atoms with van der Waals surface area (Å²) >= 11 is 0. The average Bonchev–Trinajstić information content (AvgIpc) is 3.50. The van der Waals surface area contributed by atoms with Crippen LogP contribution in [0.1, 0.15) is 61.3 Å². The monoisotopic (exact) mass is 514 g/mol. The number of ether oxygens (including phenoxy) is 1. The quantitative estimate of drug-likeness (QED) is 0.289. The molecule has 3 N–H and O–H groups in total. The third kappa shape index (κ3) is 8.45. The molecule has 0 bridgehead atoms. The van der Waals surface area contributed by atoms with Gasteiger partial charge in [0.05, 0.1) is 12.1 Å². The lowest BCUT2D eigenvalue weighted by Gasteiger charge is -2.28. The summed E-state index contributed by atoms with van der Waals surface area (Å²) in [4.78, 5) is 26.3. The standard InChI is InChI=1S/C32H38N2O4/c35-28(21-20-24-12-4-1-5-13-24)22-29(26-16-8-3-9-17-26)33-31(36)30(27-18-10-11-19-27)34-32(37)38-23-25-14-6-2-7-15-25/h1-9,12-17,27-30,35H,10-11,18-23H2,(H,33,36)(H,34,37). The van der Waals surface area contributed by atoms with Crippen molar-refractivity contribution in [3.8, 4) is 0 Å². The van der Waals surface area contributed by atoms with Crippen molar-refractivity contribution >= 4 is 12.0 Å². The Labute approximate surface area is 225 Å². The largest absolute Gasteiger partial charge is 0.445 e. The molecule has 200 valence electrons. The van der Waals surface area contributed by atoms with Gasteiger partial charge in [-0.2, -0.15) is 0 Å². The van der Waals surface area contributed by atoms with E-state index in [1.807, 2.05) is 78.9 Å². The first-order valence-electron chi connectivity index (χ1n) is 13.6. The Kier molecular flexibility index (Phi) is 10.3. The molecule has 1 saturated carbocycles. The molecule has 1 aliphatic carbocycles. The van der Waals surface area contributed by atoms with Crippen molar-refractivity contribution < 1.29 is 19.4 Å². The van der Waals surface area contributed by atoms with Gasteiger partial charge in [0.2, 0.25) is 5.91 Å². The number of carbonyl (C=O) groups excluding carboxylic acids is 2. The van der Waals surface area contributed by atoms with Gasteiger partial charge in [-0.15, -0.1) is 0 Å². The molecule has 3 aromatic rings. The highest BCUT2D eigenvalue weighted by Gasteiger charge is 2.34. The summed E-state index contributed by atoms with van der Waals surface area (Å²) in [5.41, 5.74) is 2.99. The van der Waals surface area contributed by atoms with Gasteiger partial charge in [-0.25, -0.2) is 4.79 Å². The summed E-state index contributed by atoms with van der Waals surface area (Å²) < 4.78 is 5.43. The van der Waals surface area contributed by atoms with Gasteiger partial charge in [0.1, 0.15) is 12.6 Å². The van der Waals surface area contributed by atoms with E-state index < -0.39 is 18.2 Å². The van der Waals surface area contributed by atoms with Gasteiger partial charge < -0.3 is 20.5 Å². The highest BCUT2D eigenvalue weighted by molar-refractivity contribution is 5.86. The Balaban J connectivity index is 1.40. The second-order valence-electron chi connectivity index (χ2n) is 10.1. The van der Waals surface area contributed by atoms with E-state index in [1.54, 1.807) is 0 Å². The lowest BCUT2D eigenvalue weighted by atomic mass is 9.94. The number of nitrogens with one attached hydrogen (secondary N) is 2. The molecule has 38 heavy (non-hydrogen) atoms. The molecule has 1 aliphatic rings. The molecule has 0 aliphatic heterocycles. The first-order valence-corrected chi connectivity index (χ1v) is 13.6. The Morgan fingerprint density at radius 1 is 0.816 bits per heavy atom. The van der Waals surface area contributed by atoms with Crippen LogP contribution >= 0.6 is 0 Å². The number of aliphatic hydroxyl groups excluding tert-OH is 1. The first kappa shape index (κ1) is 27.4. The molecule has 0 spiro atoms. The zero-order chi connectivity index (χ0) is 26.6. The summed E-state index contributed by atoms with van der Waals surface area (Å²) in [6.45, 7) is 0.145. The van der Waals surface area contributed by atoms with Crippen LogP contribution in [0.3, 0.4) is 0 Å². The van der Waals surface area contributed by atoms with Crippen LogP contribution in [0.5, 0.6) is 0 Å². The second kappa shape index (κ2) is 14.3. The molecule has 0 heterocycles. The van der Waals surface area contributed by atoms with Crippen LogP contribution in [0.25, 0.3) is 0 Å². The Hall–Kier alpha value is -3.64. The molecule has 0 aromatic heterocycles. The molecular formula is C32H38N2O4. The molecule has 6 heteroatoms. The van der Waals surface area contributed by atoms with Gasteiger partial charge in [-0.3, -0.25) is 4.79 Å². The molecule has 4 rings (SSSR count). The number of aryl methyl sites for hydroxylation is 1. The maximum Gasteiger partial charge on any atom is 0.408 e. The molecule has 1 fully saturated rings. The van der Waals surface area contributed by atoms with Crippen LogP contribution in [0.4, 0.5) is 4.79 Å². The maximum absolute atomic E-state index is 13.6. The van der Waals surface area contributed by atoms with Crippen molar-refractivity contribution in [1.29, 1.82) is 0 Å². The third-order valence-corrected chi connectivity index (χ3v) is 7.28. The van der Waals surface area contributed by atoms with Crippen molar-refractivity contribution in [2.45, 2.75) is 69.7 Å². The molecule has 2 amide bonds. The van der Waals surface area contributed by atoms with E-state index >= 15 is 0 Å². The van der Waals surface area contributed by atoms with Gasteiger partial charge in [0.15, 0.2) is 0 Å². The molecule has 3 unspecified atom stereocenters. The van der Waals surface area contributed by atoms with E-state index in [2.05, 4.69) is 22.8 Å². The molecule has 0 radical (unpaired) electrons. The lowest BCUT2D eigenvalue weighted by Crippen LogP contribution is -2.51. The summed E-state index contributed by atoms with van der Waals surface area (Å²) in [5.74, 6) is -0.184. The number of amides is 2. The Morgan fingerprint density at radius 2 is 1.39 bits per heavy atom. The number of hydrogen-bond acceptors (Lipinski definition) is 4. The fourth-order valence-corrected chi connectivity index (χ4v) is 5.17. The van der Waals surface area contributed by atoms with Crippen LogP contribution in [0, 0.1) is 5.92 Å². The van der Waals surface area contributed by atoms with Gasteiger partial charge in [0.25, 0.3) is 0 Å². The SMILES string of the molecule is O=C(NC(C(=O)NC(CC(O)CCc1ccccc1)c1ccccc1)C1CCCC1)OCc1ccccc1. The van der Waals surface area contributed by atoms with Crippen LogP contribution in [-0.4, -0.2) is 29.3 Å². The summed E-state index contributed by atoms with van der Waals surface area (Å²) in [7, 11) is 0. The zero-order valence-corrected chi connectivity index (χ0v) is 21.8. The topological polar surface area (TPSA) is 87.7 Å². The smallest absolute Gasteiger partial charge is 0.408 e. The van der Waals surface area contributed by atoms with E-state index in [1.165, 1.54) is 5.56 Å². The molecule has 3 atom stereocenters. The minimum atomic E-state index is -0.687. The number of carbonyl (C=O) groups is 2. The molecular weight excluding hydrogens is 476 g/mol. The highest BCUT2D eigenvalue weighted by Crippen LogP contribution is 2.29. The van der Waals surface area contributed by atoms with Crippen molar-refractivity contribution in [2.24, 2.45) is 5.92 Å². The number of aliphatic hydroxyl groups is 1. The van der Waals surface area contributed by atoms with E-state index in [0.29, 0.717) is 12.8 Å². The fraction of sp³-hybridized carbons (Fsp3) is 0.375. The predicted octanol–water partition coefficient (Wildman–Crippen LogP) is 5.71. The molecule has 0 saturated heterocycles. The Morgan fingerprint density at radius 3 is 2.03 bits per heavy atom. The number of alkyl carbamates (subject to hydrolysis) is 1. The van der Waals surface area contributed by atoms with Crippen LogP contribution in [-0.2, 0) is 22.6 Å². The van der Waals surface area contributed by atoms with Crippen LogP contribution < -0.4 is 10.6 Å². The van der Waals surface area contributed by atoms with E-state index in [-0.39, 0.29) is 24.5 Å². The number of hydrogen-bond donors (Lipinski definition) is 3. The zero-order valence-electron chi connectivity index (χ0n) is 21.8. The van der Waals surface area contributed by atoms with Crippen LogP contribution in [0.2, 0.25) is 0 Å². The van der Waals surface area contributed by atoms with Gasteiger partial charge >= 0.3 is 6.09 Å². The first-order chi connectivity index (χ1) is 18.6. The minimum Gasteiger partial charge on any atom is -0.445 e. The normalized spacial score (nSPS) is 15.8. The lowest BCUT2D eigenvalue weighted by molar-refractivity contribution is -0.125. The summed E-state index contributed by atoms with van der Waals surface area (Å²) in [5, 5.41) is 16.9. The highest BCUT2D eigenvalue weighted by atomic mass is 16.5. The van der Waals surface area contributed by atoms with Gasteiger partial charge in [-0.1, -0.05) is 104 Å². The maximum atomic E-state index is 13.6. The van der Waals surface area contributed by atoms with E-state index in [0.717, 1.165) is 43.2 Å². The van der Waals surface area contributed by atoms with Crippen molar-refractivity contribution in [3.63, 3.8) is 0 Å². The molecule has 6 nitrogen and oxygen atoms in total. The second-order valence-corrected chi connectivity index (χ2v) is 10.1. The van der Waals surface area contributed by atoms with E-state index in [9.17, 15) is 14.7 Å². The fourth-order valence-electron chi connectivity index (χ4n) is 5.17. The van der Waals surface area contributed by atoms with Crippen LogP contribution in [0.15, 0.2) is 91.0 Å². The van der Waals surface area contributed by atoms with Crippen molar-refractivity contribution in [3.05, 3.63) is 108 Å². The minimum absolute atomic E-state index is 0.0544.